The van der Waals surface area contributed by atoms with E-state index in [1.54, 1.807) is 25.5 Å². The predicted molar refractivity (Wildman–Crippen MR) is 182 cm³/mol. The van der Waals surface area contributed by atoms with Crippen LogP contribution in [0.3, 0.4) is 0 Å². The first kappa shape index (κ1) is 35.1. The molecule has 1 aromatic carbocycles. The van der Waals surface area contributed by atoms with Gasteiger partial charge in [-0.1, -0.05) is 48.0 Å². The molecule has 1 fully saturated rings. The molecular weight excluding hydrogens is 620 g/mol. The van der Waals surface area contributed by atoms with Gasteiger partial charge in [0.05, 0.1) is 30.1 Å². The zero-order chi connectivity index (χ0) is 33.2. The Morgan fingerprint density at radius 1 is 1.11 bits per heavy atom. The molecular formula is C36H49ClN4O6. The van der Waals surface area contributed by atoms with E-state index < -0.39 is 11.8 Å². The van der Waals surface area contributed by atoms with Crippen LogP contribution in [0.2, 0.25) is 0 Å². The number of aryl methyl sites for hydroxylation is 1. The molecule has 47 heavy (non-hydrogen) atoms. The summed E-state index contributed by atoms with van der Waals surface area (Å²) in [6, 6.07) is 5.59. The number of unbranched alkanes of at least 4 members (excludes halogenated alkanes) is 2. The molecule has 11 heteroatoms. The molecule has 6 atom stereocenters. The van der Waals surface area contributed by atoms with E-state index in [1.165, 1.54) is 0 Å². The highest BCUT2D eigenvalue weighted by atomic mass is 35.5. The third-order valence-electron chi connectivity index (χ3n) is 9.72. The molecule has 0 saturated heterocycles. The van der Waals surface area contributed by atoms with E-state index in [9.17, 15) is 10.2 Å². The number of hydrogen-bond acceptors (Lipinski definition) is 9. The highest BCUT2D eigenvalue weighted by Gasteiger charge is 2.65. The van der Waals surface area contributed by atoms with Gasteiger partial charge in [-0.3, -0.25) is 0 Å². The summed E-state index contributed by atoms with van der Waals surface area (Å²) in [6.07, 6.45) is 14.6. The van der Waals surface area contributed by atoms with Crippen molar-refractivity contribution in [1.82, 2.24) is 15.0 Å². The molecule has 5 rings (SSSR count). The summed E-state index contributed by atoms with van der Waals surface area (Å²) in [5.41, 5.74) is 3.88. The number of ether oxygens (including phenoxy) is 3. The minimum Gasteiger partial charge on any atom is -0.490 e. The van der Waals surface area contributed by atoms with E-state index in [4.69, 9.17) is 30.6 Å². The monoisotopic (exact) mass is 668 g/mol. The van der Waals surface area contributed by atoms with Crippen molar-refractivity contribution in [3.63, 3.8) is 0 Å². The van der Waals surface area contributed by atoms with Gasteiger partial charge in [-0.25, -0.2) is 4.68 Å². The number of aliphatic hydroxyl groups excluding tert-OH is 2. The van der Waals surface area contributed by atoms with Gasteiger partial charge in [-0.15, -0.1) is 23.3 Å². The van der Waals surface area contributed by atoms with E-state index in [0.717, 1.165) is 79.0 Å². The van der Waals surface area contributed by atoms with E-state index in [1.807, 2.05) is 16.8 Å². The largest absolute Gasteiger partial charge is 0.490 e. The summed E-state index contributed by atoms with van der Waals surface area (Å²) in [4.78, 5) is 5.50. The summed E-state index contributed by atoms with van der Waals surface area (Å²) >= 11 is 6.12. The van der Waals surface area contributed by atoms with Crippen molar-refractivity contribution in [2.24, 2.45) is 22.9 Å². The number of fused-ring (bicyclic) bond motifs is 2. The van der Waals surface area contributed by atoms with Crippen LogP contribution in [0.15, 0.2) is 66.5 Å². The maximum atomic E-state index is 9.77. The van der Waals surface area contributed by atoms with Gasteiger partial charge in [0, 0.05) is 37.0 Å². The van der Waals surface area contributed by atoms with Gasteiger partial charge in [0.2, 0.25) is 5.79 Å². The molecule has 256 valence electrons. The minimum atomic E-state index is -1.18. The molecule has 2 N–H and O–H groups in total. The molecule has 0 radical (unpaired) electrons. The Balaban J connectivity index is 1.76. The van der Waals surface area contributed by atoms with Crippen LogP contribution in [0.25, 0.3) is 0 Å². The van der Waals surface area contributed by atoms with E-state index >= 15 is 0 Å². The average molecular weight is 669 g/mol. The molecule has 0 amide bonds. The summed E-state index contributed by atoms with van der Waals surface area (Å²) in [7, 11) is 1.58. The lowest BCUT2D eigenvalue weighted by molar-refractivity contribution is -0.252. The fourth-order valence-corrected chi connectivity index (χ4v) is 8.02. The Labute approximate surface area is 283 Å². The molecule has 3 aliphatic rings. The fraction of sp³-hybridized carbons (Fsp3) is 0.583. The Morgan fingerprint density at radius 3 is 2.62 bits per heavy atom. The third kappa shape index (κ3) is 7.31. The second kappa shape index (κ2) is 16.8. The van der Waals surface area contributed by atoms with E-state index in [2.05, 4.69) is 40.8 Å². The van der Waals surface area contributed by atoms with Crippen LogP contribution in [0, 0.1) is 17.8 Å². The van der Waals surface area contributed by atoms with Gasteiger partial charge >= 0.3 is 0 Å². The lowest BCUT2D eigenvalue weighted by atomic mass is 9.55. The number of nitrogens with zero attached hydrogens (tertiary/aromatic N) is 4. The lowest BCUT2D eigenvalue weighted by Crippen LogP contribution is -2.63. The van der Waals surface area contributed by atoms with Crippen LogP contribution < -0.4 is 9.47 Å². The maximum absolute atomic E-state index is 9.77. The van der Waals surface area contributed by atoms with Gasteiger partial charge in [0.15, 0.2) is 0 Å². The SMILES string of the molecule is C=CCOc1ccc2c(c1)[C@H]1[C@H](CCCCO)[C@@H](CCCCO)C=C3C(=NOC)C[C@H](n4nncc4CCCCl)[C@@](OCC=C)(O2)[C@H]31. The van der Waals surface area contributed by atoms with Crippen molar-refractivity contribution < 1.29 is 29.3 Å². The van der Waals surface area contributed by atoms with Gasteiger partial charge in [0.1, 0.15) is 31.3 Å². The number of benzene rings is 1. The standard InChI is InChI=1S/C36H49ClN4O6/c1-4-19-45-27-14-15-32-30(22-27)34-28(13-7-9-18-43)25(11-6-8-17-42)21-29-31(39-44-3)23-33(36(47-32,35(29)34)46-20-5-2)41-26(12-10-16-37)24-38-40-41/h4-5,14-15,21-22,24-25,28,33-35,42-43H,1-2,6-13,16-20,23H2,3H3/t25-,28+,33-,34+,35+,36+/m0/s1. The Hall–Kier alpha value is -3.18. The van der Waals surface area contributed by atoms with Gasteiger partial charge in [-0.2, -0.15) is 0 Å². The lowest BCUT2D eigenvalue weighted by Gasteiger charge is -2.58. The van der Waals surface area contributed by atoms with Crippen LogP contribution in [0.1, 0.15) is 74.6 Å². The summed E-state index contributed by atoms with van der Waals surface area (Å²) in [5, 5.41) is 33.0. The molecule has 2 aliphatic carbocycles. The average Bonchev–Trinajstić information content (AvgIpc) is 3.55. The first-order valence-electron chi connectivity index (χ1n) is 16.9. The molecule has 2 heterocycles. The normalized spacial score (nSPS) is 26.9. The van der Waals surface area contributed by atoms with Crippen molar-refractivity contribution in [3.8, 4) is 11.5 Å². The van der Waals surface area contributed by atoms with Crippen molar-refractivity contribution in [3.05, 3.63) is 72.6 Å². The van der Waals surface area contributed by atoms with Crippen molar-refractivity contribution >= 4 is 17.3 Å². The van der Waals surface area contributed by atoms with Crippen LogP contribution in [-0.4, -0.2) is 76.1 Å². The number of aromatic nitrogens is 3. The number of rotatable bonds is 19. The first-order chi connectivity index (χ1) is 23.1. The Kier molecular flexibility index (Phi) is 12.5. The first-order valence-corrected chi connectivity index (χ1v) is 17.4. The topological polar surface area (TPSA) is 120 Å². The van der Waals surface area contributed by atoms with Crippen LogP contribution >= 0.6 is 11.6 Å². The molecule has 0 unspecified atom stereocenters. The smallest absolute Gasteiger partial charge is 0.241 e. The second-order valence-electron chi connectivity index (χ2n) is 12.5. The Bertz CT molecular complexity index is 1410. The van der Waals surface area contributed by atoms with Crippen molar-refractivity contribution in [2.45, 2.75) is 75.5 Å². The second-order valence-corrected chi connectivity index (χ2v) is 12.9. The maximum Gasteiger partial charge on any atom is 0.241 e. The Morgan fingerprint density at radius 2 is 1.89 bits per heavy atom. The van der Waals surface area contributed by atoms with Gasteiger partial charge in [0.25, 0.3) is 0 Å². The van der Waals surface area contributed by atoms with Gasteiger partial charge < -0.3 is 29.3 Å². The number of halogens is 1. The number of hydrogen-bond donors (Lipinski definition) is 2. The molecule has 0 bridgehead atoms. The predicted octanol–water partition coefficient (Wildman–Crippen LogP) is 6.15. The molecule has 1 saturated carbocycles. The number of oxime groups is 1. The summed E-state index contributed by atoms with van der Waals surface area (Å²) < 4.78 is 22.1. The van der Waals surface area contributed by atoms with Crippen LogP contribution in [-0.2, 0) is 16.0 Å². The van der Waals surface area contributed by atoms with Crippen LogP contribution in [0.4, 0.5) is 0 Å². The highest BCUT2D eigenvalue weighted by Crippen LogP contribution is 2.63. The molecule has 1 aromatic heterocycles. The van der Waals surface area contributed by atoms with E-state index in [-0.39, 0.29) is 43.5 Å². The molecule has 1 aliphatic heterocycles. The van der Waals surface area contributed by atoms with Crippen LogP contribution in [0.5, 0.6) is 11.5 Å². The third-order valence-corrected chi connectivity index (χ3v) is 9.99. The van der Waals surface area contributed by atoms with Crippen molar-refractivity contribution in [2.75, 3.05) is 39.4 Å². The zero-order valence-electron chi connectivity index (χ0n) is 27.4. The number of alkyl halides is 1. The summed E-state index contributed by atoms with van der Waals surface area (Å²) in [6.45, 7) is 8.77. The van der Waals surface area contributed by atoms with Gasteiger partial charge in [-0.05, 0) is 74.1 Å². The minimum absolute atomic E-state index is 0.0478. The van der Waals surface area contributed by atoms with Crippen molar-refractivity contribution in [1.29, 1.82) is 0 Å². The highest BCUT2D eigenvalue weighted by molar-refractivity contribution is 6.17. The summed E-state index contributed by atoms with van der Waals surface area (Å²) in [5.74, 6) is 0.880. The molecule has 0 spiro atoms. The molecule has 2 aromatic rings. The quantitative estimate of drug-likeness (QED) is 0.0792. The van der Waals surface area contributed by atoms with E-state index in [0.29, 0.717) is 25.3 Å². The molecule has 10 nitrogen and oxygen atoms in total. The number of aliphatic hydroxyl groups is 2. The zero-order valence-corrected chi connectivity index (χ0v) is 28.2. The number of allylic oxidation sites excluding steroid dienone is 1. The fourth-order valence-electron chi connectivity index (χ4n) is 7.89.